The van der Waals surface area contributed by atoms with Gasteiger partial charge in [-0.1, -0.05) is 12.1 Å². The van der Waals surface area contributed by atoms with Crippen molar-refractivity contribution >= 4 is 29.1 Å². The fraction of sp³-hybridized carbons (Fsp3) is 0.0500. The number of benzene rings is 2. The highest BCUT2D eigenvalue weighted by Crippen LogP contribution is 2.20. The molecule has 0 aliphatic rings. The van der Waals surface area contributed by atoms with Crippen LogP contribution in [-0.4, -0.2) is 24.0 Å². The number of hydrogen-bond donors (Lipinski definition) is 2. The van der Waals surface area contributed by atoms with Crippen molar-refractivity contribution in [2.24, 2.45) is 0 Å². The molecular formula is C20H16FN3O3. The van der Waals surface area contributed by atoms with Gasteiger partial charge in [-0.2, -0.15) is 0 Å². The molecule has 1 amide bonds. The standard InChI is InChI=1S/C20H16FN3O3/c1-27-20(26)16-4-2-3-5-17(16)24-18-11-6-13(12-22-18)19(25)23-15-9-7-14(21)8-10-15/h2-12H,1H3,(H,22,24)(H,23,25). The van der Waals surface area contributed by atoms with E-state index >= 15 is 0 Å². The van der Waals surface area contributed by atoms with Crippen LogP contribution in [0, 0.1) is 5.82 Å². The average Bonchev–Trinajstić information content (AvgIpc) is 2.70. The lowest BCUT2D eigenvalue weighted by Crippen LogP contribution is -2.12. The molecule has 3 aromatic rings. The lowest BCUT2D eigenvalue weighted by molar-refractivity contribution is 0.0601. The van der Waals surface area contributed by atoms with Crippen molar-refractivity contribution in [2.75, 3.05) is 17.7 Å². The second-order valence-corrected chi connectivity index (χ2v) is 5.56. The molecule has 136 valence electrons. The van der Waals surface area contributed by atoms with Crippen LogP contribution in [0.4, 0.5) is 21.6 Å². The molecule has 7 heteroatoms. The van der Waals surface area contributed by atoms with Crippen molar-refractivity contribution < 1.29 is 18.7 Å². The third kappa shape index (κ3) is 4.46. The second-order valence-electron chi connectivity index (χ2n) is 5.56. The number of nitrogens with one attached hydrogen (secondary N) is 2. The molecule has 0 aliphatic carbocycles. The summed E-state index contributed by atoms with van der Waals surface area (Å²) in [4.78, 5) is 28.2. The second kappa shape index (κ2) is 8.09. The van der Waals surface area contributed by atoms with Crippen molar-refractivity contribution in [1.29, 1.82) is 0 Å². The summed E-state index contributed by atoms with van der Waals surface area (Å²) >= 11 is 0. The number of aromatic nitrogens is 1. The Labute approximate surface area is 155 Å². The first-order valence-corrected chi connectivity index (χ1v) is 8.04. The third-order valence-corrected chi connectivity index (χ3v) is 3.72. The predicted octanol–water partition coefficient (Wildman–Crippen LogP) is 4.00. The first-order valence-electron chi connectivity index (χ1n) is 8.04. The SMILES string of the molecule is COC(=O)c1ccccc1Nc1ccc(C(=O)Nc2ccc(F)cc2)cn1. The number of nitrogens with zero attached hydrogens (tertiary/aromatic N) is 1. The van der Waals surface area contributed by atoms with E-state index in [-0.39, 0.29) is 11.7 Å². The number of esters is 1. The largest absolute Gasteiger partial charge is 0.465 e. The van der Waals surface area contributed by atoms with Crippen molar-refractivity contribution in [3.63, 3.8) is 0 Å². The molecule has 0 fully saturated rings. The van der Waals surface area contributed by atoms with Crippen LogP contribution in [0.25, 0.3) is 0 Å². The monoisotopic (exact) mass is 365 g/mol. The Bertz CT molecular complexity index is 957. The van der Waals surface area contributed by atoms with Crippen LogP contribution in [0.3, 0.4) is 0 Å². The maximum absolute atomic E-state index is 12.9. The van der Waals surface area contributed by atoms with E-state index in [4.69, 9.17) is 4.74 Å². The Morgan fingerprint density at radius 3 is 2.41 bits per heavy atom. The molecule has 0 aliphatic heterocycles. The molecule has 2 N–H and O–H groups in total. The smallest absolute Gasteiger partial charge is 0.339 e. The summed E-state index contributed by atoms with van der Waals surface area (Å²) in [5, 5.41) is 5.68. The number of methoxy groups -OCH3 is 1. The van der Waals surface area contributed by atoms with Gasteiger partial charge in [-0.05, 0) is 48.5 Å². The highest BCUT2D eigenvalue weighted by Gasteiger charge is 2.12. The molecule has 6 nitrogen and oxygen atoms in total. The summed E-state index contributed by atoms with van der Waals surface area (Å²) in [5.41, 5.74) is 1.74. The number of rotatable bonds is 5. The summed E-state index contributed by atoms with van der Waals surface area (Å²) in [6, 6.07) is 15.6. The molecule has 0 saturated carbocycles. The molecule has 2 aromatic carbocycles. The quantitative estimate of drug-likeness (QED) is 0.668. The van der Waals surface area contributed by atoms with E-state index in [1.807, 2.05) is 0 Å². The van der Waals surface area contributed by atoms with Crippen molar-refractivity contribution in [1.82, 2.24) is 4.98 Å². The Morgan fingerprint density at radius 1 is 1.00 bits per heavy atom. The highest BCUT2D eigenvalue weighted by molar-refractivity contribution is 6.04. The Morgan fingerprint density at radius 2 is 1.74 bits per heavy atom. The number of ether oxygens (including phenoxy) is 1. The predicted molar refractivity (Wildman–Crippen MR) is 99.7 cm³/mol. The van der Waals surface area contributed by atoms with E-state index in [0.717, 1.165) is 0 Å². The lowest BCUT2D eigenvalue weighted by atomic mass is 10.1. The Hall–Kier alpha value is -3.74. The van der Waals surface area contributed by atoms with Gasteiger partial charge in [-0.15, -0.1) is 0 Å². The summed E-state index contributed by atoms with van der Waals surface area (Å²) in [5.74, 6) is -0.744. The Kier molecular flexibility index (Phi) is 5.41. The molecular weight excluding hydrogens is 349 g/mol. The van der Waals surface area contributed by atoms with Gasteiger partial charge in [0.2, 0.25) is 0 Å². The van der Waals surface area contributed by atoms with E-state index in [0.29, 0.717) is 28.3 Å². The van der Waals surface area contributed by atoms with Gasteiger partial charge in [0.15, 0.2) is 0 Å². The van der Waals surface area contributed by atoms with Gasteiger partial charge >= 0.3 is 5.97 Å². The average molecular weight is 365 g/mol. The topological polar surface area (TPSA) is 80.3 Å². The van der Waals surface area contributed by atoms with Crippen LogP contribution in [0.5, 0.6) is 0 Å². The summed E-state index contributed by atoms with van der Waals surface area (Å²) in [6.45, 7) is 0. The zero-order chi connectivity index (χ0) is 19.2. The number of para-hydroxylation sites is 1. The fourth-order valence-electron chi connectivity index (χ4n) is 2.36. The zero-order valence-electron chi connectivity index (χ0n) is 14.4. The maximum Gasteiger partial charge on any atom is 0.339 e. The van der Waals surface area contributed by atoms with E-state index in [9.17, 15) is 14.0 Å². The van der Waals surface area contributed by atoms with Crippen LogP contribution in [0.1, 0.15) is 20.7 Å². The van der Waals surface area contributed by atoms with Crippen molar-refractivity contribution in [2.45, 2.75) is 0 Å². The van der Waals surface area contributed by atoms with E-state index in [1.54, 1.807) is 36.4 Å². The van der Waals surface area contributed by atoms with E-state index in [1.165, 1.54) is 37.6 Å². The van der Waals surface area contributed by atoms with E-state index < -0.39 is 5.97 Å². The van der Waals surface area contributed by atoms with Gasteiger partial charge in [0.05, 0.1) is 23.9 Å². The lowest BCUT2D eigenvalue weighted by Gasteiger charge is -2.10. The maximum atomic E-state index is 12.9. The first-order chi connectivity index (χ1) is 13.1. The number of hydrogen-bond acceptors (Lipinski definition) is 5. The van der Waals surface area contributed by atoms with Crippen molar-refractivity contribution in [3.05, 3.63) is 83.8 Å². The van der Waals surface area contributed by atoms with Gasteiger partial charge in [0.1, 0.15) is 11.6 Å². The van der Waals surface area contributed by atoms with Gasteiger partial charge < -0.3 is 15.4 Å². The summed E-state index contributed by atoms with van der Waals surface area (Å²) in [6.07, 6.45) is 1.40. The van der Waals surface area contributed by atoms with E-state index in [2.05, 4.69) is 15.6 Å². The van der Waals surface area contributed by atoms with Gasteiger partial charge in [-0.25, -0.2) is 14.2 Å². The van der Waals surface area contributed by atoms with Crippen LogP contribution < -0.4 is 10.6 Å². The third-order valence-electron chi connectivity index (χ3n) is 3.72. The molecule has 0 unspecified atom stereocenters. The van der Waals surface area contributed by atoms with Gasteiger partial charge in [0, 0.05) is 11.9 Å². The fourth-order valence-corrected chi connectivity index (χ4v) is 2.36. The number of anilines is 3. The molecule has 0 spiro atoms. The van der Waals surface area contributed by atoms with Crippen LogP contribution in [0.2, 0.25) is 0 Å². The summed E-state index contributed by atoms with van der Waals surface area (Å²) in [7, 11) is 1.31. The normalized spacial score (nSPS) is 10.1. The van der Waals surface area contributed by atoms with Crippen LogP contribution >= 0.6 is 0 Å². The number of pyridine rings is 1. The van der Waals surface area contributed by atoms with Crippen molar-refractivity contribution in [3.8, 4) is 0 Å². The number of carbonyl (C=O) groups excluding carboxylic acids is 2. The number of carbonyl (C=O) groups is 2. The highest BCUT2D eigenvalue weighted by atomic mass is 19.1. The molecule has 3 rings (SSSR count). The molecule has 27 heavy (non-hydrogen) atoms. The zero-order valence-corrected chi connectivity index (χ0v) is 14.4. The summed E-state index contributed by atoms with van der Waals surface area (Å²) < 4.78 is 17.7. The molecule has 0 radical (unpaired) electrons. The van der Waals surface area contributed by atoms with Gasteiger partial charge in [-0.3, -0.25) is 4.79 Å². The molecule has 1 heterocycles. The molecule has 0 atom stereocenters. The molecule has 0 bridgehead atoms. The Balaban J connectivity index is 1.71. The molecule has 0 saturated heterocycles. The first kappa shape index (κ1) is 18.1. The van der Waals surface area contributed by atoms with Gasteiger partial charge in [0.25, 0.3) is 5.91 Å². The number of halogens is 1. The minimum Gasteiger partial charge on any atom is -0.465 e. The molecule has 1 aromatic heterocycles. The van der Waals surface area contributed by atoms with Crippen LogP contribution in [-0.2, 0) is 4.74 Å². The minimum atomic E-state index is -0.464. The van der Waals surface area contributed by atoms with Crippen LogP contribution in [0.15, 0.2) is 66.9 Å². The minimum absolute atomic E-state index is 0.339. The number of amides is 1.